The fourth-order valence-corrected chi connectivity index (χ4v) is 1.44. The first-order chi connectivity index (χ1) is 5.68. The first kappa shape index (κ1) is 7.58. The second kappa shape index (κ2) is 2.47. The van der Waals surface area contributed by atoms with E-state index < -0.39 is 0 Å². The molecule has 4 heteroatoms. The SMILES string of the molecule is CC1C(=N)NC(=O)N1CC1CC1. The van der Waals surface area contributed by atoms with Crippen LogP contribution in [0.25, 0.3) is 0 Å². The molecule has 1 aliphatic heterocycles. The third-order valence-corrected chi connectivity index (χ3v) is 2.54. The molecule has 2 aliphatic rings. The smallest absolute Gasteiger partial charge is 0.314 e. The zero-order valence-corrected chi connectivity index (χ0v) is 7.13. The maximum Gasteiger partial charge on any atom is 0.323 e. The van der Waals surface area contributed by atoms with Crippen molar-refractivity contribution in [3.63, 3.8) is 0 Å². The predicted molar refractivity (Wildman–Crippen MR) is 45.2 cm³/mol. The van der Waals surface area contributed by atoms with Gasteiger partial charge in [0.25, 0.3) is 0 Å². The summed E-state index contributed by atoms with van der Waals surface area (Å²) in [5.74, 6) is 1.03. The lowest BCUT2D eigenvalue weighted by Gasteiger charge is -2.18. The van der Waals surface area contributed by atoms with E-state index in [9.17, 15) is 4.79 Å². The summed E-state index contributed by atoms with van der Waals surface area (Å²) in [4.78, 5) is 13.0. The van der Waals surface area contributed by atoms with Crippen LogP contribution in [-0.2, 0) is 0 Å². The summed E-state index contributed by atoms with van der Waals surface area (Å²) in [6.07, 6.45) is 2.48. The summed E-state index contributed by atoms with van der Waals surface area (Å²) >= 11 is 0. The van der Waals surface area contributed by atoms with Crippen molar-refractivity contribution in [2.24, 2.45) is 5.92 Å². The lowest BCUT2D eigenvalue weighted by Crippen LogP contribution is -2.34. The van der Waals surface area contributed by atoms with Crippen LogP contribution in [0.3, 0.4) is 0 Å². The van der Waals surface area contributed by atoms with Crippen LogP contribution in [0.1, 0.15) is 19.8 Å². The number of hydrogen-bond acceptors (Lipinski definition) is 2. The number of carbonyl (C=O) groups is 1. The van der Waals surface area contributed by atoms with Crippen LogP contribution in [0, 0.1) is 11.3 Å². The van der Waals surface area contributed by atoms with E-state index >= 15 is 0 Å². The molecule has 2 fully saturated rings. The molecule has 4 nitrogen and oxygen atoms in total. The molecule has 0 aromatic carbocycles. The Morgan fingerprint density at radius 3 is 2.75 bits per heavy atom. The molecule has 0 spiro atoms. The summed E-state index contributed by atoms with van der Waals surface area (Å²) < 4.78 is 0. The van der Waals surface area contributed by atoms with Gasteiger partial charge in [-0.2, -0.15) is 0 Å². The van der Waals surface area contributed by atoms with Crippen molar-refractivity contribution in [1.82, 2.24) is 10.2 Å². The van der Waals surface area contributed by atoms with E-state index in [1.54, 1.807) is 4.90 Å². The molecule has 0 bridgehead atoms. The number of amides is 2. The molecule has 1 aliphatic carbocycles. The second-order valence-corrected chi connectivity index (χ2v) is 3.62. The summed E-state index contributed by atoms with van der Waals surface area (Å²) in [7, 11) is 0. The van der Waals surface area contributed by atoms with E-state index in [2.05, 4.69) is 5.32 Å². The Hall–Kier alpha value is -1.06. The van der Waals surface area contributed by atoms with Crippen molar-refractivity contribution in [3.8, 4) is 0 Å². The van der Waals surface area contributed by atoms with Gasteiger partial charge < -0.3 is 4.90 Å². The first-order valence-electron chi connectivity index (χ1n) is 4.34. The van der Waals surface area contributed by atoms with Gasteiger partial charge in [-0.05, 0) is 25.7 Å². The molecular formula is C8H13N3O. The molecule has 2 rings (SSSR count). The zero-order chi connectivity index (χ0) is 8.72. The highest BCUT2D eigenvalue weighted by Crippen LogP contribution is 2.30. The number of urea groups is 1. The van der Waals surface area contributed by atoms with Crippen molar-refractivity contribution < 1.29 is 4.79 Å². The van der Waals surface area contributed by atoms with Crippen LogP contribution < -0.4 is 5.32 Å². The summed E-state index contributed by atoms with van der Waals surface area (Å²) in [6.45, 7) is 2.72. The predicted octanol–water partition coefficient (Wildman–Crippen LogP) is 0.787. The number of rotatable bonds is 2. The Morgan fingerprint density at radius 1 is 1.67 bits per heavy atom. The monoisotopic (exact) mass is 167 g/mol. The normalized spacial score (nSPS) is 29.4. The van der Waals surface area contributed by atoms with E-state index in [-0.39, 0.29) is 12.1 Å². The van der Waals surface area contributed by atoms with Gasteiger partial charge in [-0.1, -0.05) is 0 Å². The van der Waals surface area contributed by atoms with Crippen molar-refractivity contribution in [2.45, 2.75) is 25.8 Å². The molecule has 1 saturated heterocycles. The highest BCUT2D eigenvalue weighted by atomic mass is 16.2. The topological polar surface area (TPSA) is 56.2 Å². The van der Waals surface area contributed by atoms with Crippen LogP contribution in [0.4, 0.5) is 4.79 Å². The highest BCUT2D eigenvalue weighted by molar-refractivity contribution is 6.05. The molecule has 0 aromatic heterocycles. The van der Waals surface area contributed by atoms with Crippen LogP contribution in [0.5, 0.6) is 0 Å². The van der Waals surface area contributed by atoms with Gasteiger partial charge in [0.15, 0.2) is 0 Å². The van der Waals surface area contributed by atoms with E-state index in [0.717, 1.165) is 6.54 Å². The van der Waals surface area contributed by atoms with Gasteiger partial charge in [-0.25, -0.2) is 4.79 Å². The largest absolute Gasteiger partial charge is 0.323 e. The minimum atomic E-state index is -0.0978. The molecule has 1 unspecified atom stereocenters. The molecule has 1 atom stereocenters. The molecule has 12 heavy (non-hydrogen) atoms. The second-order valence-electron chi connectivity index (χ2n) is 3.62. The third kappa shape index (κ3) is 1.17. The van der Waals surface area contributed by atoms with E-state index in [1.165, 1.54) is 12.8 Å². The first-order valence-corrected chi connectivity index (χ1v) is 4.34. The Morgan fingerprint density at radius 2 is 2.33 bits per heavy atom. The van der Waals surface area contributed by atoms with Crippen LogP contribution in [0.15, 0.2) is 0 Å². The van der Waals surface area contributed by atoms with E-state index in [1.807, 2.05) is 6.92 Å². The molecule has 0 radical (unpaired) electrons. The Balaban J connectivity index is 2.01. The highest BCUT2D eigenvalue weighted by Gasteiger charge is 2.36. The molecule has 0 aromatic rings. The molecule has 1 heterocycles. The number of nitrogens with one attached hydrogen (secondary N) is 2. The van der Waals surface area contributed by atoms with Crippen molar-refractivity contribution in [3.05, 3.63) is 0 Å². The fourth-order valence-electron chi connectivity index (χ4n) is 1.44. The van der Waals surface area contributed by atoms with Gasteiger partial charge in [-0.3, -0.25) is 10.7 Å². The Labute approximate surface area is 71.4 Å². The van der Waals surface area contributed by atoms with Crippen LogP contribution >= 0.6 is 0 Å². The molecule has 1 saturated carbocycles. The number of hydrogen-bond donors (Lipinski definition) is 2. The van der Waals surface area contributed by atoms with Crippen molar-refractivity contribution in [1.29, 1.82) is 5.41 Å². The number of nitrogens with zero attached hydrogens (tertiary/aromatic N) is 1. The van der Waals surface area contributed by atoms with Gasteiger partial charge in [0.2, 0.25) is 0 Å². The van der Waals surface area contributed by atoms with Crippen LogP contribution in [-0.4, -0.2) is 29.4 Å². The summed E-state index contributed by atoms with van der Waals surface area (Å²) in [6, 6.07) is -0.141. The van der Waals surface area contributed by atoms with E-state index in [4.69, 9.17) is 5.41 Å². The van der Waals surface area contributed by atoms with Gasteiger partial charge in [0.05, 0.1) is 6.04 Å². The zero-order valence-electron chi connectivity index (χ0n) is 7.13. The van der Waals surface area contributed by atoms with Gasteiger partial charge in [-0.15, -0.1) is 0 Å². The molecule has 66 valence electrons. The Kier molecular flexibility index (Phi) is 1.56. The third-order valence-electron chi connectivity index (χ3n) is 2.54. The maximum absolute atomic E-state index is 11.2. The molecular weight excluding hydrogens is 154 g/mol. The average Bonchev–Trinajstić information content (AvgIpc) is 2.77. The number of amidine groups is 1. The molecule has 2 amide bonds. The van der Waals surface area contributed by atoms with Crippen molar-refractivity contribution >= 4 is 11.9 Å². The summed E-state index contributed by atoms with van der Waals surface area (Å²) in [5.41, 5.74) is 0. The minimum Gasteiger partial charge on any atom is -0.314 e. The van der Waals surface area contributed by atoms with Gasteiger partial charge in [0, 0.05) is 6.54 Å². The summed E-state index contributed by atoms with van der Waals surface area (Å²) in [5, 5.41) is 9.93. The standard InChI is InChI=1S/C8H13N3O/c1-5-7(9)10-8(12)11(5)4-6-2-3-6/h5-6H,2-4H2,1H3,(H2,9,10,12). The Bertz CT molecular complexity index is 234. The number of carbonyl (C=O) groups excluding carboxylic acids is 1. The maximum atomic E-state index is 11.2. The van der Waals surface area contributed by atoms with Crippen molar-refractivity contribution in [2.75, 3.05) is 6.54 Å². The minimum absolute atomic E-state index is 0.0434. The van der Waals surface area contributed by atoms with Gasteiger partial charge in [0.1, 0.15) is 5.84 Å². The van der Waals surface area contributed by atoms with Gasteiger partial charge >= 0.3 is 6.03 Å². The lowest BCUT2D eigenvalue weighted by molar-refractivity contribution is 0.205. The quantitative estimate of drug-likeness (QED) is 0.627. The lowest BCUT2D eigenvalue weighted by atomic mass is 10.3. The molecule has 2 N–H and O–H groups in total. The fraction of sp³-hybridized carbons (Fsp3) is 0.750. The average molecular weight is 167 g/mol. The van der Waals surface area contributed by atoms with E-state index in [0.29, 0.717) is 11.8 Å². The van der Waals surface area contributed by atoms with Crippen LogP contribution in [0.2, 0.25) is 0 Å².